The number of piperidine rings is 1. The Morgan fingerprint density at radius 1 is 1.35 bits per heavy atom. The van der Waals surface area contributed by atoms with Crippen molar-refractivity contribution in [2.75, 3.05) is 32.9 Å². The first-order chi connectivity index (χ1) is 9.63. The molecule has 2 N–H and O–H groups in total. The van der Waals surface area contributed by atoms with Crippen LogP contribution < -0.4 is 5.73 Å². The lowest BCUT2D eigenvalue weighted by Gasteiger charge is -2.35. The van der Waals surface area contributed by atoms with E-state index in [0.717, 1.165) is 17.9 Å². The van der Waals surface area contributed by atoms with Gasteiger partial charge in [-0.25, -0.2) is 4.98 Å². The van der Waals surface area contributed by atoms with Crippen LogP contribution in [0.2, 0.25) is 0 Å². The lowest BCUT2D eigenvalue weighted by Crippen LogP contribution is -2.41. The first-order valence-corrected chi connectivity index (χ1v) is 7.24. The summed E-state index contributed by atoms with van der Waals surface area (Å²) in [4.78, 5) is 9.29. The Bertz CT molecular complexity index is 583. The normalized spacial score (nSPS) is 18.1. The summed E-state index contributed by atoms with van der Waals surface area (Å²) in [6.45, 7) is 3.29. The van der Waals surface area contributed by atoms with Gasteiger partial charge in [-0.2, -0.15) is 0 Å². The van der Waals surface area contributed by atoms with Crippen LogP contribution in [0.15, 0.2) is 24.5 Å². The number of nitrogens with two attached hydrogens (primary N) is 1. The zero-order chi connectivity index (χ0) is 14.1. The van der Waals surface area contributed by atoms with Crippen LogP contribution in [-0.2, 0) is 6.54 Å². The van der Waals surface area contributed by atoms with Gasteiger partial charge in [-0.15, -0.1) is 0 Å². The molecule has 1 fully saturated rings. The lowest BCUT2D eigenvalue weighted by atomic mass is 10.0. The number of rotatable bonds is 3. The van der Waals surface area contributed by atoms with Crippen molar-refractivity contribution in [3.05, 3.63) is 30.2 Å². The maximum Gasteiger partial charge on any atom is 0.137 e. The number of fused-ring (bicyclic) bond motifs is 1. The third-order valence-electron chi connectivity index (χ3n) is 4.33. The minimum atomic E-state index is 0.665. The summed E-state index contributed by atoms with van der Waals surface area (Å²) in [7, 11) is 4.41. The largest absolute Gasteiger partial charge is 0.398 e. The van der Waals surface area contributed by atoms with Gasteiger partial charge >= 0.3 is 0 Å². The molecule has 0 radical (unpaired) electrons. The molecule has 0 aliphatic carbocycles. The molecular formula is C15H23N5. The highest BCUT2D eigenvalue weighted by Crippen LogP contribution is 2.18. The molecule has 108 valence electrons. The number of nitrogens with zero attached hydrogens (tertiary/aromatic N) is 4. The smallest absolute Gasteiger partial charge is 0.137 e. The Morgan fingerprint density at radius 2 is 2.10 bits per heavy atom. The van der Waals surface area contributed by atoms with E-state index in [2.05, 4.69) is 33.3 Å². The highest BCUT2D eigenvalue weighted by molar-refractivity contribution is 5.48. The van der Waals surface area contributed by atoms with E-state index in [1.807, 2.05) is 24.5 Å². The van der Waals surface area contributed by atoms with E-state index in [0.29, 0.717) is 6.04 Å². The van der Waals surface area contributed by atoms with Crippen LogP contribution in [0.3, 0.4) is 0 Å². The Labute approximate surface area is 120 Å². The molecule has 1 aliphatic heterocycles. The minimum Gasteiger partial charge on any atom is -0.398 e. The van der Waals surface area contributed by atoms with Gasteiger partial charge in [0.1, 0.15) is 5.65 Å². The van der Waals surface area contributed by atoms with Gasteiger partial charge in [0.15, 0.2) is 0 Å². The lowest BCUT2D eigenvalue weighted by molar-refractivity contribution is 0.138. The van der Waals surface area contributed by atoms with Crippen molar-refractivity contribution in [2.24, 2.45) is 0 Å². The second-order valence-electron chi connectivity index (χ2n) is 5.89. The van der Waals surface area contributed by atoms with E-state index < -0.39 is 0 Å². The predicted octanol–water partition coefficient (Wildman–Crippen LogP) is 1.44. The molecule has 2 aromatic heterocycles. The van der Waals surface area contributed by atoms with Gasteiger partial charge in [-0.3, -0.25) is 4.90 Å². The van der Waals surface area contributed by atoms with E-state index in [4.69, 9.17) is 5.73 Å². The average Bonchev–Trinajstić information content (AvgIpc) is 2.82. The third kappa shape index (κ3) is 2.64. The van der Waals surface area contributed by atoms with Gasteiger partial charge < -0.3 is 15.0 Å². The Kier molecular flexibility index (Phi) is 3.63. The molecule has 0 amide bonds. The molecule has 3 rings (SSSR count). The molecule has 5 nitrogen and oxygen atoms in total. The number of aromatic nitrogens is 2. The van der Waals surface area contributed by atoms with Crippen LogP contribution >= 0.6 is 0 Å². The number of anilines is 1. The van der Waals surface area contributed by atoms with Crippen LogP contribution in [0, 0.1) is 0 Å². The van der Waals surface area contributed by atoms with E-state index in [1.165, 1.54) is 31.6 Å². The summed E-state index contributed by atoms with van der Waals surface area (Å²) in [5, 5.41) is 0. The van der Waals surface area contributed by atoms with Crippen LogP contribution in [0.4, 0.5) is 5.69 Å². The monoisotopic (exact) mass is 273 g/mol. The molecule has 0 unspecified atom stereocenters. The highest BCUT2D eigenvalue weighted by Gasteiger charge is 2.21. The molecule has 0 aromatic carbocycles. The van der Waals surface area contributed by atoms with Gasteiger partial charge in [-0.05, 0) is 52.2 Å². The Hall–Kier alpha value is -1.59. The molecular weight excluding hydrogens is 250 g/mol. The minimum absolute atomic E-state index is 0.665. The maximum atomic E-state index is 5.87. The number of hydrogen-bond acceptors (Lipinski definition) is 4. The maximum absolute atomic E-state index is 5.87. The fraction of sp³-hybridized carbons (Fsp3) is 0.533. The number of pyridine rings is 1. The first-order valence-electron chi connectivity index (χ1n) is 7.24. The van der Waals surface area contributed by atoms with E-state index in [1.54, 1.807) is 0 Å². The fourth-order valence-corrected chi connectivity index (χ4v) is 2.98. The predicted molar refractivity (Wildman–Crippen MR) is 81.6 cm³/mol. The molecule has 3 heterocycles. The highest BCUT2D eigenvalue weighted by atomic mass is 15.2. The van der Waals surface area contributed by atoms with Crippen molar-refractivity contribution >= 4 is 11.3 Å². The van der Waals surface area contributed by atoms with Gasteiger partial charge in [0.2, 0.25) is 0 Å². The van der Waals surface area contributed by atoms with Crippen LogP contribution in [0.1, 0.15) is 18.5 Å². The van der Waals surface area contributed by atoms with Crippen molar-refractivity contribution in [3.8, 4) is 0 Å². The quantitative estimate of drug-likeness (QED) is 0.919. The zero-order valence-corrected chi connectivity index (χ0v) is 12.3. The second-order valence-corrected chi connectivity index (χ2v) is 5.89. The van der Waals surface area contributed by atoms with Crippen molar-refractivity contribution in [1.29, 1.82) is 0 Å². The summed E-state index contributed by atoms with van der Waals surface area (Å²) in [5.74, 6) is 0. The van der Waals surface area contributed by atoms with Gasteiger partial charge in [0.05, 0.1) is 11.9 Å². The number of imidazole rings is 1. The van der Waals surface area contributed by atoms with Gasteiger partial charge in [0.25, 0.3) is 0 Å². The average molecular weight is 273 g/mol. The number of likely N-dealkylation sites (tertiary alicyclic amines) is 1. The van der Waals surface area contributed by atoms with Crippen LogP contribution in [-0.4, -0.2) is 52.4 Å². The summed E-state index contributed by atoms with van der Waals surface area (Å²) >= 11 is 0. The van der Waals surface area contributed by atoms with E-state index in [9.17, 15) is 0 Å². The summed E-state index contributed by atoms with van der Waals surface area (Å²) in [6.07, 6.45) is 6.40. The van der Waals surface area contributed by atoms with E-state index in [-0.39, 0.29) is 0 Å². The molecule has 0 atom stereocenters. The van der Waals surface area contributed by atoms with Gasteiger partial charge in [0, 0.05) is 24.5 Å². The van der Waals surface area contributed by atoms with Crippen molar-refractivity contribution in [2.45, 2.75) is 25.4 Å². The standard InChI is InChI=1S/C15H23N5/c1-18-7-5-13(6-8-18)19(2)11-14-9-17-15-4-3-12(16)10-20(14)15/h3-4,9-10,13H,5-8,11,16H2,1-2H3. The molecule has 1 aliphatic rings. The SMILES string of the molecule is CN1CCC(N(C)Cc2cnc3ccc(N)cn23)CC1. The second kappa shape index (κ2) is 5.42. The Morgan fingerprint density at radius 3 is 2.85 bits per heavy atom. The van der Waals surface area contributed by atoms with E-state index >= 15 is 0 Å². The van der Waals surface area contributed by atoms with Crippen molar-refractivity contribution in [3.63, 3.8) is 0 Å². The number of hydrogen-bond donors (Lipinski definition) is 1. The molecule has 2 aromatic rings. The molecule has 0 bridgehead atoms. The molecule has 20 heavy (non-hydrogen) atoms. The van der Waals surface area contributed by atoms with Crippen molar-refractivity contribution < 1.29 is 0 Å². The van der Waals surface area contributed by atoms with Crippen LogP contribution in [0.25, 0.3) is 5.65 Å². The zero-order valence-electron chi connectivity index (χ0n) is 12.3. The van der Waals surface area contributed by atoms with Gasteiger partial charge in [-0.1, -0.05) is 0 Å². The first kappa shape index (κ1) is 13.4. The molecule has 0 saturated carbocycles. The van der Waals surface area contributed by atoms with Crippen LogP contribution in [0.5, 0.6) is 0 Å². The summed E-state index contributed by atoms with van der Waals surface area (Å²) in [5.41, 5.74) is 8.82. The molecule has 1 saturated heterocycles. The Balaban J connectivity index is 1.74. The fourth-order valence-electron chi connectivity index (χ4n) is 2.98. The van der Waals surface area contributed by atoms with Crippen molar-refractivity contribution in [1.82, 2.24) is 19.2 Å². The molecule has 0 spiro atoms. The third-order valence-corrected chi connectivity index (χ3v) is 4.33. The summed E-state index contributed by atoms with van der Waals surface area (Å²) < 4.78 is 2.10. The molecule has 5 heteroatoms. The number of nitrogen functional groups attached to an aromatic ring is 1. The summed E-state index contributed by atoms with van der Waals surface area (Å²) in [6, 6.07) is 4.53. The topological polar surface area (TPSA) is 49.8 Å².